The molecule has 0 atom stereocenters. The summed E-state index contributed by atoms with van der Waals surface area (Å²) in [5, 5.41) is 14.1. The van der Waals surface area contributed by atoms with Crippen LogP contribution < -0.4 is 10.1 Å². The van der Waals surface area contributed by atoms with Crippen LogP contribution in [0.25, 0.3) is 10.4 Å². The van der Waals surface area contributed by atoms with Gasteiger partial charge in [-0.2, -0.15) is 0 Å². The molecule has 3 aromatic rings. The largest absolute Gasteiger partial charge is 0.494 e. The predicted molar refractivity (Wildman–Crippen MR) is 133 cm³/mol. The van der Waals surface area contributed by atoms with Crippen molar-refractivity contribution in [2.45, 2.75) is 0 Å². The monoisotopic (exact) mass is 713 g/mol. The van der Waals surface area contributed by atoms with Crippen LogP contribution in [0.5, 0.6) is 5.75 Å². The van der Waals surface area contributed by atoms with Gasteiger partial charge in [0.05, 0.1) is 32.2 Å². The maximum absolute atomic E-state index is 13.0. The minimum absolute atomic E-state index is 0.0564. The number of benzene rings is 2. The van der Waals surface area contributed by atoms with E-state index in [0.29, 0.717) is 29.6 Å². The summed E-state index contributed by atoms with van der Waals surface area (Å²) in [5.74, 6) is -1.12. The van der Waals surface area contributed by atoms with Gasteiger partial charge in [0.25, 0.3) is 5.91 Å². The Morgan fingerprint density at radius 2 is 1.76 bits per heavy atom. The molecule has 0 spiro atoms. The minimum Gasteiger partial charge on any atom is -0.494 e. The normalized spacial score (nSPS) is 10.7. The lowest BCUT2D eigenvalue weighted by Gasteiger charge is -2.13. The molecule has 1 heterocycles. The summed E-state index contributed by atoms with van der Waals surface area (Å²) in [6.45, 7) is 0. The van der Waals surface area contributed by atoms with Crippen LogP contribution in [-0.2, 0) is 0 Å². The molecule has 0 saturated heterocycles. The summed E-state index contributed by atoms with van der Waals surface area (Å²) in [6, 6.07) is 9.22. The molecule has 2 N–H and O–H groups in total. The molecule has 3 rings (SSSR count). The lowest BCUT2D eigenvalue weighted by molar-refractivity contribution is 0.0699. The molecule has 0 bridgehead atoms. The predicted octanol–water partition coefficient (Wildman–Crippen LogP) is 7.27. The summed E-state index contributed by atoms with van der Waals surface area (Å²) in [5.41, 5.74) is 1.37. The zero-order valence-electron chi connectivity index (χ0n) is 14.6. The van der Waals surface area contributed by atoms with Gasteiger partial charge in [-0.3, -0.25) is 4.79 Å². The molecule has 2 aromatic carbocycles. The van der Waals surface area contributed by atoms with Crippen molar-refractivity contribution < 1.29 is 19.4 Å². The molecule has 0 unspecified atom stereocenters. The molecular weight excluding hydrogens is 705 g/mol. The second-order valence-corrected chi connectivity index (χ2v) is 10.3. The highest BCUT2D eigenvalue weighted by Gasteiger charge is 2.25. The molecule has 0 saturated carbocycles. The first-order valence-corrected chi connectivity index (χ1v) is 12.2. The smallest absolute Gasteiger partial charge is 0.339 e. The van der Waals surface area contributed by atoms with Crippen molar-refractivity contribution in [1.29, 1.82) is 0 Å². The molecule has 1 amide bonds. The lowest BCUT2D eigenvalue weighted by Crippen LogP contribution is -2.15. The van der Waals surface area contributed by atoms with E-state index in [1.165, 1.54) is 18.4 Å². The topological polar surface area (TPSA) is 75.6 Å². The third-order valence-corrected chi connectivity index (χ3v) is 7.64. The quantitative estimate of drug-likeness (QED) is 0.273. The van der Waals surface area contributed by atoms with Gasteiger partial charge in [-0.25, -0.2) is 4.79 Å². The number of carbonyl (C=O) groups excluding carboxylic acids is 1. The van der Waals surface area contributed by atoms with Crippen molar-refractivity contribution in [2.75, 3.05) is 12.4 Å². The summed E-state index contributed by atoms with van der Waals surface area (Å²) >= 11 is 13.6. The fraction of sp³-hybridized carbons (Fsp3) is 0.0526. The van der Waals surface area contributed by atoms with Crippen LogP contribution in [0.4, 0.5) is 5.69 Å². The van der Waals surface area contributed by atoms with E-state index in [1.54, 1.807) is 11.4 Å². The summed E-state index contributed by atoms with van der Waals surface area (Å²) in [7, 11) is 1.50. The van der Waals surface area contributed by atoms with Gasteiger partial charge in [0.2, 0.25) is 0 Å². The number of anilines is 1. The Bertz CT molecular complexity index is 1120. The summed E-state index contributed by atoms with van der Waals surface area (Å²) < 4.78 is 8.01. The van der Waals surface area contributed by atoms with Crippen LogP contribution in [-0.4, -0.2) is 24.1 Å². The standard InChI is InChI=1S/C19H11Br3INO4S/c1-28-16-11(21)6-10(20)13(15(16)22)18(25)24-12-7-29-17(14(12)19(26)27)8-2-4-9(23)5-3-8/h2-7H,1H3,(H,24,25)(H,26,27). The molecule has 0 aliphatic heterocycles. The number of carboxylic acids is 1. The van der Waals surface area contributed by atoms with Gasteiger partial charge in [0.1, 0.15) is 11.3 Å². The summed E-state index contributed by atoms with van der Waals surface area (Å²) in [4.78, 5) is 25.5. The van der Waals surface area contributed by atoms with Crippen LogP contribution in [0.3, 0.4) is 0 Å². The number of methoxy groups -OCH3 is 1. The SMILES string of the molecule is COc1c(Br)cc(Br)c(C(=O)Nc2csc(-c3ccc(I)cc3)c2C(=O)O)c1Br. The third-order valence-electron chi connectivity index (χ3n) is 3.92. The molecule has 0 radical (unpaired) electrons. The number of aromatic carboxylic acids is 1. The van der Waals surface area contributed by atoms with E-state index in [4.69, 9.17) is 4.74 Å². The first-order valence-electron chi connectivity index (χ1n) is 7.88. The average molecular weight is 716 g/mol. The number of halogens is 4. The van der Waals surface area contributed by atoms with E-state index < -0.39 is 11.9 Å². The van der Waals surface area contributed by atoms with Crippen molar-refractivity contribution in [3.8, 4) is 16.2 Å². The number of carbonyl (C=O) groups is 2. The molecule has 150 valence electrons. The lowest BCUT2D eigenvalue weighted by atomic mass is 10.1. The highest BCUT2D eigenvalue weighted by atomic mass is 127. The fourth-order valence-corrected chi connectivity index (χ4v) is 6.79. The average Bonchev–Trinajstić information content (AvgIpc) is 3.06. The van der Waals surface area contributed by atoms with E-state index in [9.17, 15) is 14.7 Å². The molecule has 0 aliphatic carbocycles. The number of rotatable bonds is 5. The van der Waals surface area contributed by atoms with Gasteiger partial charge in [0.15, 0.2) is 0 Å². The number of hydrogen-bond acceptors (Lipinski definition) is 4. The number of thiophene rings is 1. The molecular formula is C19H11Br3INO4S. The Kier molecular flexibility index (Phi) is 7.41. The van der Waals surface area contributed by atoms with E-state index in [1.807, 2.05) is 24.3 Å². The zero-order chi connectivity index (χ0) is 21.3. The van der Waals surface area contributed by atoms with E-state index in [-0.39, 0.29) is 11.3 Å². The molecule has 5 nitrogen and oxygen atoms in total. The molecule has 29 heavy (non-hydrogen) atoms. The van der Waals surface area contributed by atoms with Crippen molar-refractivity contribution in [3.05, 3.63) is 63.8 Å². The Hall–Kier alpha value is -0.950. The highest BCUT2D eigenvalue weighted by molar-refractivity contribution is 14.1. The molecule has 0 fully saturated rings. The first kappa shape index (κ1) is 22.7. The second-order valence-electron chi connectivity index (χ2n) is 5.68. The molecule has 0 aliphatic rings. The Morgan fingerprint density at radius 1 is 1.10 bits per heavy atom. The van der Waals surface area contributed by atoms with Gasteiger partial charge in [-0.05, 0) is 94.1 Å². The fourth-order valence-electron chi connectivity index (χ4n) is 2.63. The maximum atomic E-state index is 13.0. The Balaban J connectivity index is 2.02. The molecule has 10 heteroatoms. The van der Waals surface area contributed by atoms with Gasteiger partial charge in [-0.15, -0.1) is 11.3 Å². The van der Waals surface area contributed by atoms with Gasteiger partial charge < -0.3 is 15.2 Å². The van der Waals surface area contributed by atoms with Crippen molar-refractivity contribution >= 4 is 99.3 Å². The van der Waals surface area contributed by atoms with Gasteiger partial charge >= 0.3 is 5.97 Å². The number of ether oxygens (including phenoxy) is 1. The number of amides is 1. The van der Waals surface area contributed by atoms with Crippen molar-refractivity contribution in [2.24, 2.45) is 0 Å². The van der Waals surface area contributed by atoms with Crippen molar-refractivity contribution in [3.63, 3.8) is 0 Å². The number of hydrogen-bond donors (Lipinski definition) is 2. The number of nitrogens with one attached hydrogen (secondary N) is 1. The third kappa shape index (κ3) is 4.71. The van der Waals surface area contributed by atoms with Crippen LogP contribution in [0.15, 0.2) is 49.1 Å². The van der Waals surface area contributed by atoms with Crippen LogP contribution >= 0.6 is 81.7 Å². The second kappa shape index (κ2) is 9.46. The van der Waals surface area contributed by atoms with Crippen molar-refractivity contribution in [1.82, 2.24) is 0 Å². The highest BCUT2D eigenvalue weighted by Crippen LogP contribution is 2.41. The molecule has 1 aromatic heterocycles. The minimum atomic E-state index is -1.11. The van der Waals surface area contributed by atoms with Crippen LogP contribution in [0.1, 0.15) is 20.7 Å². The first-order chi connectivity index (χ1) is 13.7. The van der Waals surface area contributed by atoms with Crippen LogP contribution in [0.2, 0.25) is 0 Å². The van der Waals surface area contributed by atoms with Gasteiger partial charge in [0, 0.05) is 13.4 Å². The number of carboxylic acid groups (broad SMARTS) is 1. The Morgan fingerprint density at radius 3 is 2.34 bits per heavy atom. The van der Waals surface area contributed by atoms with E-state index >= 15 is 0 Å². The Labute approximate surface area is 209 Å². The van der Waals surface area contributed by atoms with Gasteiger partial charge in [-0.1, -0.05) is 12.1 Å². The van der Waals surface area contributed by atoms with E-state index in [0.717, 1.165) is 9.13 Å². The van der Waals surface area contributed by atoms with Crippen LogP contribution in [0, 0.1) is 3.57 Å². The maximum Gasteiger partial charge on any atom is 0.339 e. The zero-order valence-corrected chi connectivity index (χ0v) is 22.3. The summed E-state index contributed by atoms with van der Waals surface area (Å²) in [6.07, 6.45) is 0. The van der Waals surface area contributed by atoms with E-state index in [2.05, 4.69) is 75.7 Å².